The molecule has 0 unspecified atom stereocenters. The number of amides is 2. The molecule has 6 aromatic rings. The minimum atomic E-state index is -1.01. The molecule has 2 amide bonds. The van der Waals surface area contributed by atoms with Crippen molar-refractivity contribution in [1.82, 2.24) is 15.6 Å². The fourth-order valence-corrected chi connectivity index (χ4v) is 14.3. The van der Waals surface area contributed by atoms with Crippen molar-refractivity contribution in [2.45, 2.75) is 154 Å². The number of Topliss-reactive ketones (excluding diaryl/α,β-unsaturated/α-hetero) is 3. The Morgan fingerprint density at radius 1 is 0.659 bits per heavy atom. The first kappa shape index (κ1) is 68.6. The first-order valence-electron chi connectivity index (χ1n) is 32.4. The monoisotopic (exact) mass is 1250 g/mol. The minimum Gasteiger partial charge on any atom is -0.370 e. The number of ketones is 3. The van der Waals surface area contributed by atoms with E-state index in [2.05, 4.69) is 173 Å². The number of fused-ring (bicyclic) bond motifs is 7. The number of thiazole rings is 1. The Morgan fingerprint density at radius 2 is 1.29 bits per heavy atom. The predicted molar refractivity (Wildman–Crippen MR) is 373 cm³/mol. The lowest BCUT2D eigenvalue weighted by Crippen LogP contribution is -2.47. The van der Waals surface area contributed by atoms with Crippen molar-refractivity contribution < 1.29 is 28.5 Å². The van der Waals surface area contributed by atoms with Gasteiger partial charge in [-0.2, -0.15) is 4.58 Å². The maximum Gasteiger partial charge on any atom is 0.224 e. The molecule has 2 aliphatic rings. The highest BCUT2D eigenvalue weighted by Crippen LogP contribution is 2.51. The normalized spacial score (nSPS) is 16.0. The molecular formula is C73H95N12O5S+. The number of guanidine groups is 2. The first-order valence-corrected chi connectivity index (χ1v) is 33.3. The molecule has 0 radical (unpaired) electrons. The molecule has 2 aliphatic heterocycles. The van der Waals surface area contributed by atoms with Crippen molar-refractivity contribution in [2.24, 2.45) is 56.4 Å². The van der Waals surface area contributed by atoms with E-state index in [1.165, 1.54) is 66.8 Å². The largest absolute Gasteiger partial charge is 0.370 e. The summed E-state index contributed by atoms with van der Waals surface area (Å²) >= 11 is 1.25. The van der Waals surface area contributed by atoms with Gasteiger partial charge in [0.25, 0.3) is 0 Å². The number of hydrogen-bond donors (Lipinski definition) is 7. The maximum absolute atomic E-state index is 14.6. The third kappa shape index (κ3) is 17.2. The van der Waals surface area contributed by atoms with E-state index in [0.717, 1.165) is 24.1 Å². The summed E-state index contributed by atoms with van der Waals surface area (Å²) < 4.78 is 3.15. The predicted octanol–water partition coefficient (Wildman–Crippen LogP) is 11.2. The number of aliphatic imine (C=N–C) groups is 2. The number of nitrogens with zero attached hydrogens (tertiary/aromatic N) is 5. The molecule has 17 nitrogen and oxygen atoms in total. The average molecular weight is 1250 g/mol. The summed E-state index contributed by atoms with van der Waals surface area (Å²) in [5, 5.41) is 11.2. The van der Waals surface area contributed by atoms with E-state index in [-0.39, 0.29) is 89.8 Å². The number of aromatic nitrogens is 1. The molecular weight excluding hydrogens is 1160 g/mol. The van der Waals surface area contributed by atoms with Gasteiger partial charge in [-0.3, -0.25) is 34.0 Å². The van der Waals surface area contributed by atoms with Crippen LogP contribution in [0.4, 0.5) is 11.4 Å². The Hall–Kier alpha value is -8.35. The molecule has 0 aliphatic carbocycles. The highest BCUT2D eigenvalue weighted by Gasteiger charge is 2.45. The zero-order valence-electron chi connectivity index (χ0n) is 54.3. The van der Waals surface area contributed by atoms with Crippen LogP contribution in [0.5, 0.6) is 0 Å². The van der Waals surface area contributed by atoms with Crippen molar-refractivity contribution in [3.8, 4) is 0 Å². The van der Waals surface area contributed by atoms with Gasteiger partial charge in [0.1, 0.15) is 12.8 Å². The van der Waals surface area contributed by atoms with Gasteiger partial charge in [-0.05, 0) is 142 Å². The summed E-state index contributed by atoms with van der Waals surface area (Å²) in [6.07, 6.45) is 16.5. The quantitative estimate of drug-likeness (QED) is 0.00496. The summed E-state index contributed by atoms with van der Waals surface area (Å²) in [5.41, 5.74) is 36.1. The van der Waals surface area contributed by atoms with Crippen LogP contribution in [0.15, 0.2) is 143 Å². The van der Waals surface area contributed by atoms with Gasteiger partial charge in [-0.15, -0.1) is 11.3 Å². The molecule has 18 heteroatoms. The van der Waals surface area contributed by atoms with Gasteiger partial charge in [0.15, 0.2) is 28.4 Å². The van der Waals surface area contributed by atoms with Gasteiger partial charge in [-0.1, -0.05) is 125 Å². The molecule has 482 valence electrons. The van der Waals surface area contributed by atoms with E-state index >= 15 is 0 Å². The molecule has 3 heterocycles. The van der Waals surface area contributed by atoms with Crippen molar-refractivity contribution in [1.29, 1.82) is 0 Å². The summed E-state index contributed by atoms with van der Waals surface area (Å²) in [6.45, 7) is 14.8. The van der Waals surface area contributed by atoms with Crippen LogP contribution in [-0.2, 0) is 30.0 Å². The van der Waals surface area contributed by atoms with Gasteiger partial charge in [0, 0.05) is 85.2 Å². The van der Waals surface area contributed by atoms with Crippen LogP contribution in [-0.4, -0.2) is 102 Å². The van der Waals surface area contributed by atoms with Crippen molar-refractivity contribution in [2.75, 3.05) is 38.1 Å². The molecule has 4 atom stereocenters. The molecule has 8 rings (SSSR count). The first-order chi connectivity index (χ1) is 43.6. The SMILES string of the molecule is CC(C)C[C@H](CC(=O)[C@H](CCCN=C(N)N)NC(=O)[C@H](CCCCN)CC(=O)CCCCCN1C(=CC=CC=CC2=[N+](C)c3ccc4ccccc4c3C2(C)C)C(C)(C)c2c1ccc1ccccc21)C(=O)N[C@@H](CCCN=C(N)N)C(=O)c1nc2ccccc2s1. The number of anilines is 1. The smallest absolute Gasteiger partial charge is 0.224 e. The van der Waals surface area contributed by atoms with Crippen LogP contribution in [0.2, 0.25) is 0 Å². The third-order valence-corrected chi connectivity index (χ3v) is 18.9. The van der Waals surface area contributed by atoms with Crippen molar-refractivity contribution >= 4 is 101 Å². The number of nitrogens with one attached hydrogen (secondary N) is 2. The Labute approximate surface area is 540 Å². The lowest BCUT2D eigenvalue weighted by Gasteiger charge is -2.27. The number of para-hydroxylation sites is 1. The second kappa shape index (κ2) is 31.6. The number of nitrogens with two attached hydrogens (primary N) is 5. The molecule has 0 saturated heterocycles. The van der Waals surface area contributed by atoms with Crippen LogP contribution in [0, 0.1) is 17.8 Å². The van der Waals surface area contributed by atoms with E-state index in [9.17, 15) is 24.0 Å². The molecule has 12 N–H and O–H groups in total. The highest BCUT2D eigenvalue weighted by molar-refractivity contribution is 7.20. The molecule has 5 aromatic carbocycles. The molecule has 0 saturated carbocycles. The molecule has 1 aromatic heterocycles. The van der Waals surface area contributed by atoms with E-state index in [1.807, 2.05) is 38.1 Å². The van der Waals surface area contributed by atoms with Crippen LogP contribution < -0.4 is 44.2 Å². The lowest BCUT2D eigenvalue weighted by atomic mass is 9.79. The number of rotatable bonds is 34. The van der Waals surface area contributed by atoms with Gasteiger partial charge in [0.05, 0.1) is 27.7 Å². The van der Waals surface area contributed by atoms with Gasteiger partial charge in [-0.25, -0.2) is 4.98 Å². The summed E-state index contributed by atoms with van der Waals surface area (Å²) in [7, 11) is 2.16. The van der Waals surface area contributed by atoms with Crippen LogP contribution in [0.25, 0.3) is 31.8 Å². The lowest BCUT2D eigenvalue weighted by molar-refractivity contribution is -0.401. The number of carbonyl (C=O) groups excluding carboxylic acids is 5. The van der Waals surface area contributed by atoms with Crippen molar-refractivity contribution in [3.05, 3.63) is 149 Å². The second-order valence-corrected chi connectivity index (χ2v) is 26.9. The Bertz CT molecular complexity index is 3760. The van der Waals surface area contributed by atoms with Crippen LogP contribution in [0.3, 0.4) is 0 Å². The zero-order valence-corrected chi connectivity index (χ0v) is 55.1. The molecule has 0 bridgehead atoms. The topological polar surface area (TPSA) is 283 Å². The van der Waals surface area contributed by atoms with E-state index < -0.39 is 35.7 Å². The number of hydrogen-bond acceptors (Lipinski definition) is 11. The Kier molecular flexibility index (Phi) is 23.8. The summed E-state index contributed by atoms with van der Waals surface area (Å²) in [5.74, 6) is -3.33. The number of benzene rings is 5. The second-order valence-electron chi connectivity index (χ2n) is 25.9. The summed E-state index contributed by atoms with van der Waals surface area (Å²) in [4.78, 5) is 86.9. The zero-order chi connectivity index (χ0) is 65.4. The average Bonchev–Trinajstić information content (AvgIpc) is 1.59. The highest BCUT2D eigenvalue weighted by atomic mass is 32.1. The fraction of sp³-hybridized carbons (Fsp3) is 0.438. The van der Waals surface area contributed by atoms with Crippen LogP contribution >= 0.6 is 11.3 Å². The molecule has 0 fully saturated rings. The number of carbonyl (C=O) groups is 5. The number of allylic oxidation sites excluding steroid dienone is 6. The standard InChI is InChI=1S/C73H94N12O5S/c1-47(2)44-51(68(90)82-57(32-23-42-80-71(77)78)66(88)69-83-56-30-17-18-33-61(56)91-69)46-60(87)55(31-22-41-79-70(75)76)81-67(89)50(26-19-20-40-74)45-52(86)27-10-9-21-43-85-59-39-37-49-25-14-16-29-54(49)65(59)73(5,6)63(85)35-12-8-11-34-62-72(3,4)64-53-28-15-13-24-48(53)36-38-58(64)84(62)7/h8,11-18,24-25,28-30,33-39,47,50-51,55,57H,9-10,19-23,26-27,31-32,40-46,74H2,1-7H3,(H9-,75,76,77,78,79,80,81,82,89,90)/p+1/t50-,51-,55+,57+/m1/s1. The number of unbranched alkanes of at least 4 members (excludes halogenated alkanes) is 3. The summed E-state index contributed by atoms with van der Waals surface area (Å²) in [6, 6.07) is 31.5. The van der Waals surface area contributed by atoms with Gasteiger partial charge < -0.3 is 44.2 Å². The Morgan fingerprint density at radius 3 is 1.96 bits per heavy atom. The third-order valence-electron chi connectivity index (χ3n) is 17.9. The van der Waals surface area contributed by atoms with Crippen LogP contribution in [0.1, 0.15) is 152 Å². The van der Waals surface area contributed by atoms with Gasteiger partial charge in [0.2, 0.25) is 23.3 Å². The maximum atomic E-state index is 14.6. The van der Waals surface area contributed by atoms with E-state index in [4.69, 9.17) is 28.7 Å². The van der Waals surface area contributed by atoms with E-state index in [0.29, 0.717) is 63.4 Å². The molecule has 91 heavy (non-hydrogen) atoms. The van der Waals surface area contributed by atoms with Crippen molar-refractivity contribution in [3.63, 3.8) is 0 Å². The Balaban J connectivity index is 0.923. The fourth-order valence-electron chi connectivity index (χ4n) is 13.4. The van der Waals surface area contributed by atoms with Gasteiger partial charge >= 0.3 is 0 Å². The molecule has 0 spiro atoms. The minimum absolute atomic E-state index is 0.00417. The van der Waals surface area contributed by atoms with E-state index in [1.54, 1.807) is 0 Å².